The molecule has 96 valence electrons. The Morgan fingerprint density at radius 1 is 1.56 bits per heavy atom. The molecule has 2 rings (SSSR count). The quantitative estimate of drug-likeness (QED) is 0.928. The molecule has 1 aromatic rings. The summed E-state index contributed by atoms with van der Waals surface area (Å²) in [4.78, 5) is 0. The molecule has 0 saturated carbocycles. The van der Waals surface area contributed by atoms with Gasteiger partial charge in [-0.15, -0.1) is 0 Å². The van der Waals surface area contributed by atoms with Gasteiger partial charge in [0.1, 0.15) is 24.5 Å². The highest BCUT2D eigenvalue weighted by atomic mass is 79.9. The average Bonchev–Trinajstić information content (AvgIpc) is 2.37. The Labute approximate surface area is 115 Å². The molecular formula is C13H15BrN2O2. The third-order valence-electron chi connectivity index (χ3n) is 2.72. The zero-order chi connectivity index (χ0) is 13.0. The Morgan fingerprint density at radius 3 is 3.11 bits per heavy atom. The Kier molecular flexibility index (Phi) is 4.59. The van der Waals surface area contributed by atoms with Crippen molar-refractivity contribution in [2.24, 2.45) is 0 Å². The second-order valence-electron chi connectivity index (χ2n) is 4.29. The smallest absolute Gasteiger partial charge is 0.137 e. The molecular weight excluding hydrogens is 296 g/mol. The lowest BCUT2D eigenvalue weighted by atomic mass is 10.2. The van der Waals surface area contributed by atoms with E-state index in [-0.39, 0.29) is 12.2 Å². The Balaban J connectivity index is 1.96. The summed E-state index contributed by atoms with van der Waals surface area (Å²) in [6.07, 6.45) is 0.233. The zero-order valence-electron chi connectivity index (χ0n) is 10.1. The lowest BCUT2D eigenvalue weighted by molar-refractivity contribution is -0.0470. The van der Waals surface area contributed by atoms with Gasteiger partial charge in [0.15, 0.2) is 0 Å². The highest BCUT2D eigenvalue weighted by Gasteiger charge is 2.19. The van der Waals surface area contributed by atoms with Crippen molar-refractivity contribution in [3.8, 4) is 11.8 Å². The van der Waals surface area contributed by atoms with Crippen LogP contribution in [0.25, 0.3) is 0 Å². The van der Waals surface area contributed by atoms with E-state index in [1.807, 2.05) is 13.0 Å². The number of nitriles is 1. The number of nitrogens with one attached hydrogen (secondary N) is 1. The van der Waals surface area contributed by atoms with E-state index in [1.54, 1.807) is 12.1 Å². The summed E-state index contributed by atoms with van der Waals surface area (Å²) in [7, 11) is 0. The first-order valence-corrected chi connectivity index (χ1v) is 6.67. The van der Waals surface area contributed by atoms with Gasteiger partial charge in [-0.2, -0.15) is 5.26 Å². The molecule has 0 aromatic heterocycles. The number of hydrogen-bond donors (Lipinski definition) is 1. The van der Waals surface area contributed by atoms with Gasteiger partial charge in [-0.3, -0.25) is 0 Å². The highest BCUT2D eigenvalue weighted by molar-refractivity contribution is 9.10. The fourth-order valence-electron chi connectivity index (χ4n) is 1.87. The van der Waals surface area contributed by atoms with Crippen LogP contribution in [-0.4, -0.2) is 31.9 Å². The molecule has 5 heteroatoms. The molecule has 18 heavy (non-hydrogen) atoms. The summed E-state index contributed by atoms with van der Waals surface area (Å²) in [5.74, 6) is 0.600. The third-order valence-corrected chi connectivity index (χ3v) is 3.21. The number of nitrogens with zero attached hydrogens (tertiary/aromatic N) is 1. The van der Waals surface area contributed by atoms with Crippen LogP contribution in [-0.2, 0) is 4.74 Å². The van der Waals surface area contributed by atoms with Gasteiger partial charge in [0.25, 0.3) is 0 Å². The van der Waals surface area contributed by atoms with Gasteiger partial charge < -0.3 is 14.8 Å². The number of halogens is 1. The fraction of sp³-hybridized carbons (Fsp3) is 0.462. The molecule has 1 N–H and O–H groups in total. The van der Waals surface area contributed by atoms with Gasteiger partial charge in [-0.1, -0.05) is 15.9 Å². The maximum absolute atomic E-state index is 9.03. The molecule has 1 aromatic carbocycles. The lowest BCUT2D eigenvalue weighted by Gasteiger charge is -2.28. The molecule has 1 heterocycles. The Morgan fingerprint density at radius 2 is 2.39 bits per heavy atom. The van der Waals surface area contributed by atoms with E-state index in [1.165, 1.54) is 0 Å². The minimum atomic E-state index is 0.0314. The van der Waals surface area contributed by atoms with Crippen LogP contribution in [0, 0.1) is 11.3 Å². The second-order valence-corrected chi connectivity index (χ2v) is 5.21. The molecule has 1 aliphatic heterocycles. The molecule has 0 amide bonds. The normalized spacial score (nSPS) is 23.4. The molecule has 0 spiro atoms. The van der Waals surface area contributed by atoms with Gasteiger partial charge in [0.2, 0.25) is 0 Å². The first-order valence-electron chi connectivity index (χ1n) is 5.87. The number of morpholine rings is 1. The third kappa shape index (κ3) is 3.45. The summed E-state index contributed by atoms with van der Waals surface area (Å²) in [5, 5.41) is 12.3. The summed E-state index contributed by atoms with van der Waals surface area (Å²) >= 11 is 3.33. The van der Waals surface area contributed by atoms with E-state index in [4.69, 9.17) is 14.7 Å². The Bertz CT molecular complexity index is 459. The van der Waals surface area contributed by atoms with Crippen molar-refractivity contribution < 1.29 is 9.47 Å². The van der Waals surface area contributed by atoms with Crippen molar-refractivity contribution in [2.75, 3.05) is 19.7 Å². The van der Waals surface area contributed by atoms with E-state index in [9.17, 15) is 0 Å². The summed E-state index contributed by atoms with van der Waals surface area (Å²) in [6, 6.07) is 7.52. The Hall–Kier alpha value is -1.09. The number of benzene rings is 1. The predicted molar refractivity (Wildman–Crippen MR) is 71.6 cm³/mol. The molecule has 2 unspecified atom stereocenters. The van der Waals surface area contributed by atoms with Crippen LogP contribution in [0.2, 0.25) is 0 Å². The fourth-order valence-corrected chi connectivity index (χ4v) is 2.23. The van der Waals surface area contributed by atoms with E-state index in [0.29, 0.717) is 17.9 Å². The molecule has 1 saturated heterocycles. The van der Waals surface area contributed by atoms with Crippen LogP contribution in [0.5, 0.6) is 5.75 Å². The minimum absolute atomic E-state index is 0.0314. The van der Waals surface area contributed by atoms with Crippen LogP contribution in [0.4, 0.5) is 0 Å². The molecule has 1 fully saturated rings. The standard InChI is InChI=1S/C13H15BrN2O2/c1-9-6-16-7-12(18-9)8-17-13-3-2-11(14)4-10(13)5-15/h2-4,9,12,16H,6-8H2,1H3. The SMILES string of the molecule is CC1CNCC(COc2ccc(Br)cc2C#N)O1. The summed E-state index contributed by atoms with van der Waals surface area (Å²) < 4.78 is 12.3. The van der Waals surface area contributed by atoms with E-state index in [0.717, 1.165) is 17.6 Å². The molecule has 1 aliphatic rings. The first-order chi connectivity index (χ1) is 8.69. The zero-order valence-corrected chi connectivity index (χ0v) is 11.7. The van der Waals surface area contributed by atoms with Gasteiger partial charge >= 0.3 is 0 Å². The van der Waals surface area contributed by atoms with Gasteiger partial charge in [0, 0.05) is 17.6 Å². The summed E-state index contributed by atoms with van der Waals surface area (Å²) in [5.41, 5.74) is 0.529. The average molecular weight is 311 g/mol. The molecule has 0 aliphatic carbocycles. The number of hydrogen-bond acceptors (Lipinski definition) is 4. The van der Waals surface area contributed by atoms with Crippen LogP contribution in [0.3, 0.4) is 0 Å². The van der Waals surface area contributed by atoms with Crippen LogP contribution >= 0.6 is 15.9 Å². The number of rotatable bonds is 3. The van der Waals surface area contributed by atoms with Crippen molar-refractivity contribution in [1.29, 1.82) is 5.26 Å². The largest absolute Gasteiger partial charge is 0.489 e. The van der Waals surface area contributed by atoms with Crippen molar-refractivity contribution in [2.45, 2.75) is 19.1 Å². The maximum Gasteiger partial charge on any atom is 0.137 e. The van der Waals surface area contributed by atoms with E-state index in [2.05, 4.69) is 27.3 Å². The lowest BCUT2D eigenvalue weighted by Crippen LogP contribution is -2.45. The second kappa shape index (κ2) is 6.19. The van der Waals surface area contributed by atoms with Gasteiger partial charge in [-0.25, -0.2) is 0 Å². The topological polar surface area (TPSA) is 54.3 Å². The predicted octanol–water partition coefficient (Wildman–Crippen LogP) is 2.08. The highest BCUT2D eigenvalue weighted by Crippen LogP contribution is 2.22. The molecule has 0 bridgehead atoms. The maximum atomic E-state index is 9.03. The van der Waals surface area contributed by atoms with E-state index < -0.39 is 0 Å². The first kappa shape index (κ1) is 13.3. The van der Waals surface area contributed by atoms with Crippen molar-refractivity contribution in [1.82, 2.24) is 5.32 Å². The van der Waals surface area contributed by atoms with Gasteiger partial charge in [-0.05, 0) is 25.1 Å². The molecule has 4 nitrogen and oxygen atoms in total. The summed E-state index contributed by atoms with van der Waals surface area (Å²) in [6.45, 7) is 4.13. The van der Waals surface area contributed by atoms with Crippen molar-refractivity contribution in [3.05, 3.63) is 28.2 Å². The van der Waals surface area contributed by atoms with Crippen LogP contribution in [0.1, 0.15) is 12.5 Å². The van der Waals surface area contributed by atoms with Crippen molar-refractivity contribution >= 4 is 15.9 Å². The molecule has 2 atom stereocenters. The number of ether oxygens (including phenoxy) is 2. The van der Waals surface area contributed by atoms with E-state index >= 15 is 0 Å². The van der Waals surface area contributed by atoms with Crippen molar-refractivity contribution in [3.63, 3.8) is 0 Å². The van der Waals surface area contributed by atoms with Crippen LogP contribution in [0.15, 0.2) is 22.7 Å². The molecule has 0 radical (unpaired) electrons. The monoisotopic (exact) mass is 310 g/mol. The minimum Gasteiger partial charge on any atom is -0.489 e. The van der Waals surface area contributed by atoms with Crippen LogP contribution < -0.4 is 10.1 Å². The van der Waals surface area contributed by atoms with Gasteiger partial charge in [0.05, 0.1) is 11.7 Å².